The van der Waals surface area contributed by atoms with E-state index < -0.39 is 0 Å². The summed E-state index contributed by atoms with van der Waals surface area (Å²) in [5.41, 5.74) is 2.50. The molecule has 0 heteroatoms. The molecular weight excluding hydrogens is 192 g/mol. The normalized spacial score (nSPS) is 11.6. The van der Waals surface area contributed by atoms with Crippen molar-refractivity contribution in [1.29, 1.82) is 0 Å². The summed E-state index contributed by atoms with van der Waals surface area (Å²) >= 11 is 0. The highest BCUT2D eigenvalue weighted by molar-refractivity contribution is 5.74. The second kappa shape index (κ2) is 9.97. The van der Waals surface area contributed by atoms with Gasteiger partial charge in [0.15, 0.2) is 0 Å². The smallest absolute Gasteiger partial charge is 0.0184 e. The average Bonchev–Trinajstić information content (AvgIpc) is 2.38. The lowest BCUT2D eigenvalue weighted by Gasteiger charge is -2.00. The van der Waals surface area contributed by atoms with Gasteiger partial charge in [0, 0.05) is 0 Å². The van der Waals surface area contributed by atoms with Crippen LogP contribution < -0.4 is 0 Å². The first-order chi connectivity index (χ1) is 7.88. The van der Waals surface area contributed by atoms with Gasteiger partial charge >= 0.3 is 0 Å². The monoisotopic (exact) mass is 214 g/mol. The van der Waals surface area contributed by atoms with Crippen molar-refractivity contribution < 1.29 is 0 Å². The SMILES string of the molecule is CC.C\C=C/C=C(\C=C/C)c1ccccc1. The Hall–Kier alpha value is -1.56. The topological polar surface area (TPSA) is 0 Å². The molecule has 0 aliphatic heterocycles. The molecule has 0 fully saturated rings. The molecule has 0 heterocycles. The van der Waals surface area contributed by atoms with Gasteiger partial charge in [-0.3, -0.25) is 0 Å². The Morgan fingerprint density at radius 3 is 2.06 bits per heavy atom. The van der Waals surface area contributed by atoms with Crippen LogP contribution in [0.2, 0.25) is 0 Å². The maximum absolute atomic E-state index is 2.12. The molecule has 0 radical (unpaired) electrons. The van der Waals surface area contributed by atoms with Crippen molar-refractivity contribution in [2.24, 2.45) is 0 Å². The second-order valence-corrected chi connectivity index (χ2v) is 3.01. The van der Waals surface area contributed by atoms with Crippen LogP contribution in [0.4, 0.5) is 0 Å². The van der Waals surface area contributed by atoms with E-state index in [-0.39, 0.29) is 0 Å². The minimum Gasteiger partial charge on any atom is -0.0876 e. The Labute approximate surface area is 100 Å². The van der Waals surface area contributed by atoms with E-state index in [0.717, 1.165) is 0 Å². The van der Waals surface area contributed by atoms with Gasteiger partial charge in [-0.25, -0.2) is 0 Å². The van der Waals surface area contributed by atoms with Gasteiger partial charge < -0.3 is 0 Å². The van der Waals surface area contributed by atoms with E-state index in [4.69, 9.17) is 0 Å². The van der Waals surface area contributed by atoms with Crippen LogP contribution in [0.15, 0.2) is 60.7 Å². The fourth-order valence-corrected chi connectivity index (χ4v) is 1.26. The quantitative estimate of drug-likeness (QED) is 0.603. The van der Waals surface area contributed by atoms with E-state index >= 15 is 0 Å². The Kier molecular flexibility index (Phi) is 9.00. The van der Waals surface area contributed by atoms with Crippen LogP contribution in [0.5, 0.6) is 0 Å². The summed E-state index contributed by atoms with van der Waals surface area (Å²) in [5, 5.41) is 0. The highest BCUT2D eigenvalue weighted by Gasteiger charge is 1.93. The van der Waals surface area contributed by atoms with Crippen molar-refractivity contribution in [3.63, 3.8) is 0 Å². The van der Waals surface area contributed by atoms with E-state index in [1.807, 2.05) is 39.8 Å². The maximum atomic E-state index is 2.12. The first kappa shape index (κ1) is 14.4. The third kappa shape index (κ3) is 5.35. The van der Waals surface area contributed by atoms with Crippen molar-refractivity contribution in [3.05, 3.63) is 66.3 Å². The molecule has 0 saturated carbocycles. The Morgan fingerprint density at radius 2 is 1.56 bits per heavy atom. The lowest BCUT2D eigenvalue weighted by molar-refractivity contribution is 1.50. The fraction of sp³-hybridized carbons (Fsp3) is 0.250. The zero-order chi connectivity index (χ0) is 12.2. The summed E-state index contributed by atoms with van der Waals surface area (Å²) in [6.07, 6.45) is 10.4. The highest BCUT2D eigenvalue weighted by Crippen LogP contribution is 2.15. The van der Waals surface area contributed by atoms with Crippen molar-refractivity contribution >= 4 is 5.57 Å². The molecule has 0 aromatic heterocycles. The zero-order valence-corrected chi connectivity index (χ0v) is 10.8. The van der Waals surface area contributed by atoms with Gasteiger partial charge in [-0.2, -0.15) is 0 Å². The summed E-state index contributed by atoms with van der Waals surface area (Å²) in [6.45, 7) is 8.06. The van der Waals surface area contributed by atoms with Gasteiger partial charge in [0.1, 0.15) is 0 Å². The standard InChI is InChI=1S/C14H16.C2H6/c1-3-5-10-13(9-4-2)14-11-7-6-8-12-14;1-2/h3-12H,1-2H3;1-2H3/b5-3-,9-4-,13-10+;. The van der Waals surface area contributed by atoms with Crippen LogP contribution in [-0.4, -0.2) is 0 Å². The Balaban J connectivity index is 0.00000106. The first-order valence-corrected chi connectivity index (χ1v) is 5.89. The lowest BCUT2D eigenvalue weighted by Crippen LogP contribution is -1.78. The third-order valence-corrected chi connectivity index (χ3v) is 1.92. The number of benzene rings is 1. The molecular formula is C16H22. The van der Waals surface area contributed by atoms with E-state index in [1.54, 1.807) is 0 Å². The molecule has 0 bridgehead atoms. The fourth-order valence-electron chi connectivity index (χ4n) is 1.26. The summed E-state index contributed by atoms with van der Waals surface area (Å²) in [6, 6.07) is 10.4. The molecule has 0 spiro atoms. The summed E-state index contributed by atoms with van der Waals surface area (Å²) in [5.74, 6) is 0. The molecule has 1 aromatic carbocycles. The van der Waals surface area contributed by atoms with E-state index in [9.17, 15) is 0 Å². The first-order valence-electron chi connectivity index (χ1n) is 5.89. The molecule has 1 aromatic rings. The van der Waals surface area contributed by atoms with Crippen molar-refractivity contribution in [2.75, 3.05) is 0 Å². The highest BCUT2D eigenvalue weighted by atomic mass is 14.0. The molecule has 0 nitrogen and oxygen atoms in total. The zero-order valence-electron chi connectivity index (χ0n) is 10.8. The number of hydrogen-bond donors (Lipinski definition) is 0. The predicted octanol–water partition coefficient (Wildman–Crippen LogP) is 5.25. The van der Waals surface area contributed by atoms with Gasteiger partial charge in [0.25, 0.3) is 0 Å². The van der Waals surface area contributed by atoms with E-state index in [2.05, 4.69) is 48.6 Å². The number of rotatable bonds is 3. The van der Waals surface area contributed by atoms with Crippen LogP contribution in [-0.2, 0) is 0 Å². The Morgan fingerprint density at radius 1 is 0.938 bits per heavy atom. The van der Waals surface area contributed by atoms with Crippen LogP contribution in [0.3, 0.4) is 0 Å². The van der Waals surface area contributed by atoms with Gasteiger partial charge in [0.05, 0.1) is 0 Å². The molecule has 0 aliphatic carbocycles. The van der Waals surface area contributed by atoms with Crippen molar-refractivity contribution in [3.8, 4) is 0 Å². The molecule has 0 amide bonds. The van der Waals surface area contributed by atoms with Gasteiger partial charge in [-0.1, -0.05) is 74.6 Å². The summed E-state index contributed by atoms with van der Waals surface area (Å²) < 4.78 is 0. The molecule has 16 heavy (non-hydrogen) atoms. The number of hydrogen-bond acceptors (Lipinski definition) is 0. The van der Waals surface area contributed by atoms with E-state index in [0.29, 0.717) is 0 Å². The summed E-state index contributed by atoms with van der Waals surface area (Å²) in [7, 11) is 0. The van der Waals surface area contributed by atoms with Gasteiger partial charge in [-0.15, -0.1) is 0 Å². The molecule has 0 unspecified atom stereocenters. The van der Waals surface area contributed by atoms with Crippen LogP contribution in [0, 0.1) is 0 Å². The molecule has 0 N–H and O–H groups in total. The minimum absolute atomic E-state index is 1.24. The predicted molar refractivity (Wildman–Crippen MR) is 75.4 cm³/mol. The van der Waals surface area contributed by atoms with Crippen LogP contribution in [0.25, 0.3) is 5.57 Å². The van der Waals surface area contributed by atoms with Crippen LogP contribution in [0.1, 0.15) is 33.3 Å². The largest absolute Gasteiger partial charge is 0.0876 e. The average molecular weight is 214 g/mol. The molecule has 0 atom stereocenters. The maximum Gasteiger partial charge on any atom is -0.0184 e. The molecule has 0 saturated heterocycles. The summed E-state index contributed by atoms with van der Waals surface area (Å²) in [4.78, 5) is 0. The van der Waals surface area contributed by atoms with E-state index in [1.165, 1.54) is 11.1 Å². The Bertz CT molecular complexity index is 340. The van der Waals surface area contributed by atoms with Crippen LogP contribution >= 0.6 is 0 Å². The van der Waals surface area contributed by atoms with Crippen molar-refractivity contribution in [2.45, 2.75) is 27.7 Å². The minimum atomic E-state index is 1.24. The third-order valence-electron chi connectivity index (χ3n) is 1.92. The van der Waals surface area contributed by atoms with Gasteiger partial charge in [0.2, 0.25) is 0 Å². The van der Waals surface area contributed by atoms with Crippen molar-refractivity contribution in [1.82, 2.24) is 0 Å². The van der Waals surface area contributed by atoms with Gasteiger partial charge in [-0.05, 0) is 25.0 Å². The number of allylic oxidation sites excluding steroid dienone is 6. The molecule has 86 valence electrons. The lowest BCUT2D eigenvalue weighted by atomic mass is 10.1. The molecule has 0 aliphatic rings. The molecule has 1 rings (SSSR count). The second-order valence-electron chi connectivity index (χ2n) is 3.01.